The van der Waals surface area contributed by atoms with Gasteiger partial charge in [0.05, 0.1) is 0 Å². The average molecular weight is 426 g/mol. The summed E-state index contributed by atoms with van der Waals surface area (Å²) in [5.74, 6) is -0.312. The zero-order chi connectivity index (χ0) is 22.1. The molecule has 0 atom stereocenters. The van der Waals surface area contributed by atoms with E-state index in [1.54, 1.807) is 24.5 Å². The van der Waals surface area contributed by atoms with Gasteiger partial charge in [0, 0.05) is 72.6 Å². The van der Waals surface area contributed by atoms with Gasteiger partial charge in [-0.2, -0.15) is 0 Å². The van der Waals surface area contributed by atoms with Crippen molar-refractivity contribution in [2.75, 3.05) is 13.1 Å². The first kappa shape index (κ1) is 20.1. The van der Waals surface area contributed by atoms with Crippen molar-refractivity contribution in [1.29, 1.82) is 0 Å². The van der Waals surface area contributed by atoms with E-state index in [1.807, 2.05) is 32.2 Å². The quantitative estimate of drug-likeness (QED) is 0.664. The molecule has 3 aromatic heterocycles. The van der Waals surface area contributed by atoms with E-state index < -0.39 is 0 Å². The number of dihydropyridines is 1. The fourth-order valence-electron chi connectivity index (χ4n) is 4.12. The summed E-state index contributed by atoms with van der Waals surface area (Å²) in [7, 11) is 0. The van der Waals surface area contributed by atoms with E-state index in [9.17, 15) is 4.39 Å². The minimum Gasteiger partial charge on any atom is -0.381 e. The van der Waals surface area contributed by atoms with Crippen molar-refractivity contribution in [3.8, 4) is 11.3 Å². The molecule has 0 saturated heterocycles. The Bertz CT molecular complexity index is 1270. The Morgan fingerprint density at radius 3 is 2.50 bits per heavy atom. The van der Waals surface area contributed by atoms with Gasteiger partial charge in [0.1, 0.15) is 11.5 Å². The zero-order valence-electron chi connectivity index (χ0n) is 18.1. The first-order chi connectivity index (χ1) is 15.5. The van der Waals surface area contributed by atoms with E-state index in [2.05, 4.69) is 49.6 Å². The van der Waals surface area contributed by atoms with E-state index in [4.69, 9.17) is 0 Å². The Morgan fingerprint density at radius 2 is 1.75 bits per heavy atom. The molecule has 0 aliphatic carbocycles. The fourth-order valence-corrected chi connectivity index (χ4v) is 4.12. The lowest BCUT2D eigenvalue weighted by Gasteiger charge is -2.30. The van der Waals surface area contributed by atoms with Gasteiger partial charge in [-0.25, -0.2) is 4.39 Å². The molecule has 32 heavy (non-hydrogen) atoms. The first-order valence-electron chi connectivity index (χ1n) is 10.7. The maximum Gasteiger partial charge on any atom is 0.149 e. The van der Waals surface area contributed by atoms with Gasteiger partial charge in [-0.3, -0.25) is 15.0 Å². The smallest absolute Gasteiger partial charge is 0.149 e. The largest absolute Gasteiger partial charge is 0.381 e. The number of nitrogens with one attached hydrogen (secondary N) is 1. The highest BCUT2D eigenvalue weighted by Gasteiger charge is 2.19. The van der Waals surface area contributed by atoms with Crippen LogP contribution in [0.15, 0.2) is 78.4 Å². The van der Waals surface area contributed by atoms with Crippen LogP contribution in [0.1, 0.15) is 22.5 Å². The van der Waals surface area contributed by atoms with Crippen LogP contribution in [0.4, 0.5) is 4.39 Å². The van der Waals surface area contributed by atoms with E-state index in [1.165, 1.54) is 11.1 Å². The minimum absolute atomic E-state index is 0.312. The maximum absolute atomic E-state index is 14.8. The first-order valence-corrected chi connectivity index (χ1v) is 10.7. The summed E-state index contributed by atoms with van der Waals surface area (Å²) < 4.78 is 14.8. The number of rotatable bonds is 4. The number of hydrogen-bond donors (Lipinski definition) is 1. The van der Waals surface area contributed by atoms with Gasteiger partial charge in [0.15, 0.2) is 0 Å². The van der Waals surface area contributed by atoms with Crippen molar-refractivity contribution < 1.29 is 4.39 Å². The molecule has 0 aromatic carbocycles. The molecule has 0 unspecified atom stereocenters. The molecule has 0 spiro atoms. The van der Waals surface area contributed by atoms with Crippen LogP contribution in [-0.4, -0.2) is 32.9 Å². The second-order valence-electron chi connectivity index (χ2n) is 8.24. The molecule has 3 aromatic rings. The number of aryl methyl sites for hydroxylation is 2. The van der Waals surface area contributed by atoms with E-state index in [-0.39, 0.29) is 5.82 Å². The summed E-state index contributed by atoms with van der Waals surface area (Å²) in [4.78, 5) is 15.0. The summed E-state index contributed by atoms with van der Waals surface area (Å²) in [6.07, 6.45) is 11.7. The van der Waals surface area contributed by atoms with Crippen molar-refractivity contribution in [2.24, 2.45) is 0 Å². The molecular weight excluding hydrogens is 401 g/mol. The molecule has 0 fully saturated rings. The van der Waals surface area contributed by atoms with Gasteiger partial charge in [0.25, 0.3) is 0 Å². The molecule has 5 nitrogen and oxygen atoms in total. The lowest BCUT2D eigenvalue weighted by atomic mass is 9.97. The van der Waals surface area contributed by atoms with Gasteiger partial charge >= 0.3 is 0 Å². The Morgan fingerprint density at radius 1 is 1.00 bits per heavy atom. The fraction of sp³-hybridized carbons (Fsp3) is 0.192. The number of pyridine rings is 3. The topological polar surface area (TPSA) is 53.9 Å². The summed E-state index contributed by atoms with van der Waals surface area (Å²) in [5.41, 5.74) is 8.60. The molecule has 0 amide bonds. The van der Waals surface area contributed by atoms with Crippen molar-refractivity contribution in [3.05, 3.63) is 107 Å². The van der Waals surface area contributed by atoms with Crippen LogP contribution in [0, 0.1) is 19.7 Å². The highest BCUT2D eigenvalue weighted by Crippen LogP contribution is 2.26. The van der Waals surface area contributed by atoms with Crippen LogP contribution >= 0.6 is 0 Å². The summed E-state index contributed by atoms with van der Waals surface area (Å²) in [6.45, 7) is 6.07. The minimum atomic E-state index is -0.312. The van der Waals surface area contributed by atoms with Gasteiger partial charge in [-0.1, -0.05) is 0 Å². The van der Waals surface area contributed by atoms with Crippen LogP contribution in [0.5, 0.6) is 0 Å². The van der Waals surface area contributed by atoms with Crippen LogP contribution < -0.4 is 5.32 Å². The molecule has 0 radical (unpaired) electrons. The number of halogens is 1. The molecule has 1 N–H and O–H groups in total. The maximum atomic E-state index is 14.8. The third-order valence-electron chi connectivity index (χ3n) is 5.72. The van der Waals surface area contributed by atoms with Crippen molar-refractivity contribution in [1.82, 2.24) is 25.2 Å². The predicted molar refractivity (Wildman–Crippen MR) is 124 cm³/mol. The predicted octanol–water partition coefficient (Wildman–Crippen LogP) is 4.56. The van der Waals surface area contributed by atoms with E-state index in [0.29, 0.717) is 12.2 Å². The van der Waals surface area contributed by atoms with Gasteiger partial charge in [-0.15, -0.1) is 0 Å². The van der Waals surface area contributed by atoms with Crippen LogP contribution in [0.3, 0.4) is 0 Å². The van der Waals surface area contributed by atoms with Crippen molar-refractivity contribution >= 4 is 5.70 Å². The monoisotopic (exact) mass is 425 g/mol. The second kappa shape index (κ2) is 8.38. The SMILES string of the molecule is Cc1cc(C2=CC3=C(CN2)CN(Cc2cnc(-c4ccnc(C)c4)c(F)c2)C=C3)ccn1. The Labute approximate surface area is 187 Å². The summed E-state index contributed by atoms with van der Waals surface area (Å²) in [6, 6.07) is 9.32. The van der Waals surface area contributed by atoms with Gasteiger partial charge in [0.2, 0.25) is 0 Å². The Kier molecular flexibility index (Phi) is 5.27. The highest BCUT2D eigenvalue weighted by molar-refractivity contribution is 5.70. The van der Waals surface area contributed by atoms with E-state index in [0.717, 1.165) is 46.9 Å². The zero-order valence-corrected chi connectivity index (χ0v) is 18.1. The van der Waals surface area contributed by atoms with Gasteiger partial charge < -0.3 is 10.2 Å². The molecule has 0 saturated carbocycles. The number of hydrogen-bond acceptors (Lipinski definition) is 5. The van der Waals surface area contributed by atoms with Crippen LogP contribution in [0.2, 0.25) is 0 Å². The molecule has 2 aliphatic rings. The lowest BCUT2D eigenvalue weighted by molar-refractivity contribution is 0.388. The highest BCUT2D eigenvalue weighted by atomic mass is 19.1. The van der Waals surface area contributed by atoms with Crippen molar-refractivity contribution in [3.63, 3.8) is 0 Å². The Balaban J connectivity index is 1.30. The normalized spacial score (nSPS) is 15.3. The molecule has 5 rings (SSSR count). The Hall–Kier alpha value is -3.80. The third-order valence-corrected chi connectivity index (χ3v) is 5.72. The number of allylic oxidation sites excluding steroid dienone is 3. The summed E-state index contributed by atoms with van der Waals surface area (Å²) >= 11 is 0. The molecule has 0 bridgehead atoms. The summed E-state index contributed by atoms with van der Waals surface area (Å²) in [5, 5.41) is 3.52. The third kappa shape index (κ3) is 4.17. The second-order valence-corrected chi connectivity index (χ2v) is 8.24. The van der Waals surface area contributed by atoms with Crippen LogP contribution in [0.25, 0.3) is 17.0 Å². The molecule has 160 valence electrons. The molecule has 6 heteroatoms. The standard InChI is InChI=1S/C26H24FN5/c1-17-9-21(3-6-28-17)25-12-20-5-8-32(16-23(20)14-30-25)15-19-11-24(27)26(31-13-19)22-4-7-29-18(2)10-22/h3-13,30H,14-16H2,1-2H3. The van der Waals surface area contributed by atoms with Crippen molar-refractivity contribution in [2.45, 2.75) is 20.4 Å². The van der Waals surface area contributed by atoms with E-state index >= 15 is 0 Å². The molecule has 2 aliphatic heterocycles. The lowest BCUT2D eigenvalue weighted by Crippen LogP contribution is -2.30. The number of aromatic nitrogens is 3. The van der Waals surface area contributed by atoms with Crippen LogP contribution in [-0.2, 0) is 6.54 Å². The number of nitrogens with zero attached hydrogens (tertiary/aromatic N) is 4. The van der Waals surface area contributed by atoms with Gasteiger partial charge in [-0.05, 0) is 73.0 Å². The molecular formula is C26H24FN5. The average Bonchev–Trinajstić information content (AvgIpc) is 2.79. The molecule has 5 heterocycles.